The van der Waals surface area contributed by atoms with E-state index in [4.69, 9.17) is 5.73 Å². The Morgan fingerprint density at radius 1 is 1.21 bits per heavy atom. The number of benzene rings is 1. The van der Waals surface area contributed by atoms with Crippen molar-refractivity contribution >= 4 is 0 Å². The molecule has 3 atom stereocenters. The summed E-state index contributed by atoms with van der Waals surface area (Å²) in [7, 11) is 0. The summed E-state index contributed by atoms with van der Waals surface area (Å²) >= 11 is 0. The zero-order valence-corrected chi connectivity index (χ0v) is 8.85. The van der Waals surface area contributed by atoms with Crippen LogP contribution in [0.1, 0.15) is 25.3 Å². The number of rotatable bonds is 4. The van der Waals surface area contributed by atoms with E-state index in [0.717, 1.165) is 0 Å². The number of hydrogen-bond acceptors (Lipinski definition) is 2. The minimum atomic E-state index is -0.359. The highest BCUT2D eigenvalue weighted by Crippen LogP contribution is 2.23. The molecule has 0 saturated carbocycles. The molecule has 1 aromatic carbocycles. The summed E-state index contributed by atoms with van der Waals surface area (Å²) in [6.45, 7) is 4.54. The summed E-state index contributed by atoms with van der Waals surface area (Å²) in [6.07, 6.45) is -0.359. The molecule has 0 aliphatic carbocycles. The fourth-order valence-electron chi connectivity index (χ4n) is 1.59. The van der Waals surface area contributed by atoms with Crippen molar-refractivity contribution in [3.63, 3.8) is 0 Å². The smallest absolute Gasteiger partial charge is 0.0643 e. The van der Waals surface area contributed by atoms with Crippen LogP contribution in [0.2, 0.25) is 0 Å². The standard InChI is InChI=1S/C12H19NO/c1-9(8-13)12(14)10(2)11-6-4-3-5-7-11/h3-7,9-10,12,14H,8,13H2,1-2H3. The van der Waals surface area contributed by atoms with Gasteiger partial charge < -0.3 is 10.8 Å². The molecule has 2 nitrogen and oxygen atoms in total. The van der Waals surface area contributed by atoms with Crippen molar-refractivity contribution in [3.8, 4) is 0 Å². The second-order valence-corrected chi connectivity index (χ2v) is 3.90. The Morgan fingerprint density at radius 3 is 2.29 bits per heavy atom. The molecule has 0 spiro atoms. The van der Waals surface area contributed by atoms with Gasteiger partial charge in [0.05, 0.1) is 6.10 Å². The number of aliphatic hydroxyl groups is 1. The van der Waals surface area contributed by atoms with Crippen LogP contribution in [-0.4, -0.2) is 17.8 Å². The molecular formula is C12H19NO. The van der Waals surface area contributed by atoms with Crippen LogP contribution in [0.25, 0.3) is 0 Å². The van der Waals surface area contributed by atoms with E-state index in [9.17, 15) is 5.11 Å². The summed E-state index contributed by atoms with van der Waals surface area (Å²) in [5, 5.41) is 9.96. The molecule has 0 amide bonds. The average Bonchev–Trinajstić information content (AvgIpc) is 2.27. The molecule has 0 aliphatic rings. The molecule has 1 aromatic rings. The first-order valence-electron chi connectivity index (χ1n) is 5.10. The van der Waals surface area contributed by atoms with Crippen LogP contribution < -0.4 is 5.73 Å². The van der Waals surface area contributed by atoms with Crippen LogP contribution in [0.5, 0.6) is 0 Å². The number of aliphatic hydroxyl groups excluding tert-OH is 1. The minimum absolute atomic E-state index is 0.144. The Bertz CT molecular complexity index is 260. The molecular weight excluding hydrogens is 174 g/mol. The molecule has 1 rings (SSSR count). The van der Waals surface area contributed by atoms with Crippen molar-refractivity contribution in [1.29, 1.82) is 0 Å². The summed E-state index contributed by atoms with van der Waals surface area (Å²) in [4.78, 5) is 0. The van der Waals surface area contributed by atoms with Crippen LogP contribution in [-0.2, 0) is 0 Å². The van der Waals surface area contributed by atoms with Gasteiger partial charge in [-0.25, -0.2) is 0 Å². The lowest BCUT2D eigenvalue weighted by Crippen LogP contribution is -2.29. The lowest BCUT2D eigenvalue weighted by Gasteiger charge is -2.24. The first kappa shape index (κ1) is 11.2. The van der Waals surface area contributed by atoms with E-state index in [2.05, 4.69) is 0 Å². The van der Waals surface area contributed by atoms with Crippen LogP contribution in [0.15, 0.2) is 30.3 Å². The average molecular weight is 193 g/mol. The lowest BCUT2D eigenvalue weighted by molar-refractivity contribution is 0.0974. The van der Waals surface area contributed by atoms with Crippen molar-refractivity contribution in [2.45, 2.75) is 25.9 Å². The van der Waals surface area contributed by atoms with Crippen LogP contribution in [0, 0.1) is 5.92 Å². The van der Waals surface area contributed by atoms with Crippen LogP contribution >= 0.6 is 0 Å². The highest BCUT2D eigenvalue weighted by atomic mass is 16.3. The van der Waals surface area contributed by atoms with E-state index in [0.29, 0.717) is 6.54 Å². The molecule has 14 heavy (non-hydrogen) atoms. The molecule has 0 bridgehead atoms. The third kappa shape index (κ3) is 2.56. The monoisotopic (exact) mass is 193 g/mol. The second-order valence-electron chi connectivity index (χ2n) is 3.90. The zero-order chi connectivity index (χ0) is 10.6. The zero-order valence-electron chi connectivity index (χ0n) is 8.85. The van der Waals surface area contributed by atoms with Crippen molar-refractivity contribution in [2.24, 2.45) is 11.7 Å². The third-order valence-corrected chi connectivity index (χ3v) is 2.79. The van der Waals surface area contributed by atoms with Crippen LogP contribution in [0.3, 0.4) is 0 Å². The van der Waals surface area contributed by atoms with E-state index in [1.54, 1.807) is 0 Å². The van der Waals surface area contributed by atoms with Gasteiger partial charge in [-0.15, -0.1) is 0 Å². The van der Waals surface area contributed by atoms with Crippen molar-refractivity contribution in [1.82, 2.24) is 0 Å². The Balaban J connectivity index is 2.70. The van der Waals surface area contributed by atoms with Gasteiger partial charge in [0.25, 0.3) is 0 Å². The van der Waals surface area contributed by atoms with Crippen LogP contribution in [0.4, 0.5) is 0 Å². The van der Waals surface area contributed by atoms with Gasteiger partial charge in [-0.3, -0.25) is 0 Å². The number of nitrogens with two attached hydrogens (primary N) is 1. The largest absolute Gasteiger partial charge is 0.392 e. The van der Waals surface area contributed by atoms with E-state index < -0.39 is 0 Å². The highest BCUT2D eigenvalue weighted by molar-refractivity contribution is 5.20. The fourth-order valence-corrected chi connectivity index (χ4v) is 1.59. The van der Waals surface area contributed by atoms with Gasteiger partial charge in [0.15, 0.2) is 0 Å². The van der Waals surface area contributed by atoms with Gasteiger partial charge in [0.1, 0.15) is 0 Å². The van der Waals surface area contributed by atoms with E-state index in [1.807, 2.05) is 44.2 Å². The van der Waals surface area contributed by atoms with Gasteiger partial charge in [0, 0.05) is 5.92 Å². The topological polar surface area (TPSA) is 46.2 Å². The van der Waals surface area contributed by atoms with Gasteiger partial charge in [-0.05, 0) is 18.0 Å². The van der Waals surface area contributed by atoms with Gasteiger partial charge in [0.2, 0.25) is 0 Å². The highest BCUT2D eigenvalue weighted by Gasteiger charge is 2.20. The molecule has 3 unspecified atom stereocenters. The summed E-state index contributed by atoms with van der Waals surface area (Å²) in [5.41, 5.74) is 6.70. The lowest BCUT2D eigenvalue weighted by atomic mass is 9.88. The molecule has 3 N–H and O–H groups in total. The molecule has 0 radical (unpaired) electrons. The molecule has 78 valence electrons. The molecule has 0 aromatic heterocycles. The Morgan fingerprint density at radius 2 is 1.79 bits per heavy atom. The molecule has 0 saturated heterocycles. The van der Waals surface area contributed by atoms with Gasteiger partial charge in [-0.1, -0.05) is 44.2 Å². The van der Waals surface area contributed by atoms with E-state index in [1.165, 1.54) is 5.56 Å². The predicted octanol–water partition coefficient (Wildman–Crippen LogP) is 1.75. The number of hydrogen-bond donors (Lipinski definition) is 2. The summed E-state index contributed by atoms with van der Waals surface area (Å²) < 4.78 is 0. The normalized spacial score (nSPS) is 17.4. The van der Waals surface area contributed by atoms with Crippen molar-refractivity contribution in [3.05, 3.63) is 35.9 Å². The van der Waals surface area contributed by atoms with E-state index >= 15 is 0 Å². The Labute approximate surface area is 85.8 Å². The second kappa shape index (κ2) is 5.13. The summed E-state index contributed by atoms with van der Waals surface area (Å²) in [6, 6.07) is 10.0. The first-order chi connectivity index (χ1) is 6.66. The summed E-state index contributed by atoms with van der Waals surface area (Å²) in [5.74, 6) is 0.292. The quantitative estimate of drug-likeness (QED) is 0.765. The SMILES string of the molecule is CC(CN)C(O)C(C)c1ccccc1. The predicted molar refractivity (Wildman–Crippen MR) is 59.1 cm³/mol. The fraction of sp³-hybridized carbons (Fsp3) is 0.500. The third-order valence-electron chi connectivity index (χ3n) is 2.79. The first-order valence-corrected chi connectivity index (χ1v) is 5.10. The maximum absolute atomic E-state index is 9.96. The Hall–Kier alpha value is -0.860. The maximum Gasteiger partial charge on any atom is 0.0643 e. The van der Waals surface area contributed by atoms with Gasteiger partial charge in [-0.2, -0.15) is 0 Å². The van der Waals surface area contributed by atoms with E-state index in [-0.39, 0.29) is 17.9 Å². The molecule has 0 aliphatic heterocycles. The Kier molecular flexibility index (Phi) is 4.11. The molecule has 0 heterocycles. The van der Waals surface area contributed by atoms with Crippen molar-refractivity contribution < 1.29 is 5.11 Å². The molecule has 2 heteroatoms. The van der Waals surface area contributed by atoms with Gasteiger partial charge >= 0.3 is 0 Å². The molecule has 0 fully saturated rings. The minimum Gasteiger partial charge on any atom is -0.392 e. The maximum atomic E-state index is 9.96. The van der Waals surface area contributed by atoms with Crippen molar-refractivity contribution in [2.75, 3.05) is 6.54 Å².